The fourth-order valence-electron chi connectivity index (χ4n) is 1.76. The third kappa shape index (κ3) is 2.86. The Morgan fingerprint density at radius 2 is 2.33 bits per heavy atom. The van der Waals surface area contributed by atoms with Crippen LogP contribution in [0.5, 0.6) is 0 Å². The molecule has 2 rings (SSSR count). The van der Waals surface area contributed by atoms with E-state index in [2.05, 4.69) is 4.98 Å². The Kier molecular flexibility index (Phi) is 3.49. The topological polar surface area (TPSA) is 39.2 Å². The molecule has 0 unspecified atom stereocenters. The predicted molar refractivity (Wildman–Crippen MR) is 59.4 cm³/mol. The average Bonchev–Trinajstić information content (AvgIpc) is 2.68. The predicted octanol–water partition coefficient (Wildman–Crippen LogP) is 2.31. The van der Waals surface area contributed by atoms with Crippen molar-refractivity contribution in [3.05, 3.63) is 16.1 Å². The number of carbonyl (C=O) groups is 1. The molecule has 4 heteroatoms. The molecule has 0 aliphatic carbocycles. The van der Waals surface area contributed by atoms with Gasteiger partial charge in [-0.15, -0.1) is 11.3 Å². The van der Waals surface area contributed by atoms with Crippen LogP contribution in [-0.4, -0.2) is 24.0 Å². The molecule has 0 atom stereocenters. The van der Waals surface area contributed by atoms with Crippen LogP contribution in [0.3, 0.4) is 0 Å². The molecule has 0 radical (unpaired) electrons. The molecule has 0 amide bonds. The lowest BCUT2D eigenvalue weighted by Crippen LogP contribution is -2.17. The summed E-state index contributed by atoms with van der Waals surface area (Å²) in [4.78, 5) is 15.4. The van der Waals surface area contributed by atoms with Crippen LogP contribution in [0.25, 0.3) is 0 Å². The zero-order valence-electron chi connectivity index (χ0n) is 8.86. The van der Waals surface area contributed by atoms with Crippen molar-refractivity contribution in [2.75, 3.05) is 13.2 Å². The molecule has 0 aromatic carbocycles. The van der Waals surface area contributed by atoms with Gasteiger partial charge in [-0.3, -0.25) is 4.79 Å². The molecule has 1 aliphatic heterocycles. The Morgan fingerprint density at radius 1 is 1.60 bits per heavy atom. The molecule has 0 saturated carbocycles. The van der Waals surface area contributed by atoms with Crippen LogP contribution in [0.2, 0.25) is 0 Å². The first-order valence-corrected chi connectivity index (χ1v) is 6.17. The number of Topliss-reactive ketones (excluding diaryl/α,β-unsaturated/α-hetero) is 1. The van der Waals surface area contributed by atoms with E-state index in [0.717, 1.165) is 37.5 Å². The molecule has 1 fully saturated rings. The lowest BCUT2D eigenvalue weighted by molar-refractivity contribution is 0.0665. The minimum atomic E-state index is 0.0597. The van der Waals surface area contributed by atoms with Crippen LogP contribution >= 0.6 is 11.3 Å². The first-order chi connectivity index (χ1) is 7.25. The maximum atomic E-state index is 11.1. The highest BCUT2D eigenvalue weighted by Crippen LogP contribution is 2.22. The summed E-state index contributed by atoms with van der Waals surface area (Å²) < 4.78 is 5.31. The van der Waals surface area contributed by atoms with Crippen LogP contribution in [0.1, 0.15) is 35.3 Å². The normalized spacial score (nSPS) is 17.9. The zero-order valence-corrected chi connectivity index (χ0v) is 9.68. The Labute approximate surface area is 93.5 Å². The summed E-state index contributed by atoms with van der Waals surface area (Å²) in [5.41, 5.74) is 0.613. The van der Waals surface area contributed by atoms with Crippen molar-refractivity contribution in [2.45, 2.75) is 26.2 Å². The molecule has 82 valence electrons. The number of carbonyl (C=O) groups excluding carboxylic acids is 1. The van der Waals surface area contributed by atoms with Crippen molar-refractivity contribution in [1.29, 1.82) is 0 Å². The second-order valence-electron chi connectivity index (χ2n) is 3.94. The number of hydrogen-bond acceptors (Lipinski definition) is 4. The van der Waals surface area contributed by atoms with Crippen molar-refractivity contribution in [3.8, 4) is 0 Å². The van der Waals surface area contributed by atoms with Crippen molar-refractivity contribution in [2.24, 2.45) is 5.92 Å². The molecule has 1 aromatic rings. The number of hydrogen-bond donors (Lipinski definition) is 0. The number of ether oxygens (including phenoxy) is 1. The Morgan fingerprint density at radius 3 is 2.93 bits per heavy atom. The molecule has 3 nitrogen and oxygen atoms in total. The monoisotopic (exact) mass is 225 g/mol. The van der Waals surface area contributed by atoms with Gasteiger partial charge in [0.15, 0.2) is 5.78 Å². The minimum Gasteiger partial charge on any atom is -0.381 e. The van der Waals surface area contributed by atoms with Gasteiger partial charge in [-0.25, -0.2) is 4.98 Å². The van der Waals surface area contributed by atoms with Crippen LogP contribution in [-0.2, 0) is 11.2 Å². The summed E-state index contributed by atoms with van der Waals surface area (Å²) in [6, 6.07) is 0. The van der Waals surface area contributed by atoms with Gasteiger partial charge >= 0.3 is 0 Å². The molecule has 0 bridgehead atoms. The van der Waals surface area contributed by atoms with E-state index >= 15 is 0 Å². The van der Waals surface area contributed by atoms with E-state index in [-0.39, 0.29) is 5.78 Å². The largest absolute Gasteiger partial charge is 0.381 e. The summed E-state index contributed by atoms with van der Waals surface area (Å²) >= 11 is 1.60. The Bertz CT molecular complexity index is 342. The maximum Gasteiger partial charge on any atom is 0.178 e. The average molecular weight is 225 g/mol. The highest BCUT2D eigenvalue weighted by molar-refractivity contribution is 7.09. The fraction of sp³-hybridized carbons (Fsp3) is 0.636. The first kappa shape index (κ1) is 10.8. The van der Waals surface area contributed by atoms with E-state index in [1.54, 1.807) is 18.3 Å². The quantitative estimate of drug-likeness (QED) is 0.741. The second-order valence-corrected chi connectivity index (χ2v) is 4.89. The van der Waals surface area contributed by atoms with Crippen LogP contribution in [0, 0.1) is 5.92 Å². The zero-order chi connectivity index (χ0) is 10.7. The van der Waals surface area contributed by atoms with E-state index in [1.165, 1.54) is 0 Å². The third-order valence-electron chi connectivity index (χ3n) is 2.72. The van der Waals surface area contributed by atoms with Gasteiger partial charge in [0.1, 0.15) is 5.69 Å². The maximum absolute atomic E-state index is 11.1. The Hall–Kier alpha value is -0.740. The van der Waals surface area contributed by atoms with E-state index in [0.29, 0.717) is 11.6 Å². The highest BCUT2D eigenvalue weighted by Gasteiger charge is 2.16. The molecule has 1 saturated heterocycles. The smallest absolute Gasteiger partial charge is 0.178 e. The highest BCUT2D eigenvalue weighted by atomic mass is 32.1. The van der Waals surface area contributed by atoms with Gasteiger partial charge in [-0.05, 0) is 18.8 Å². The van der Waals surface area contributed by atoms with Crippen molar-refractivity contribution in [1.82, 2.24) is 4.98 Å². The summed E-state index contributed by atoms with van der Waals surface area (Å²) in [7, 11) is 0. The Balaban J connectivity index is 1.94. The lowest BCUT2D eigenvalue weighted by Gasteiger charge is -2.20. The second kappa shape index (κ2) is 4.86. The SMILES string of the molecule is CC(=O)c1csc(CC2CCOCC2)n1. The van der Waals surface area contributed by atoms with E-state index < -0.39 is 0 Å². The number of ketones is 1. The molecule has 0 N–H and O–H groups in total. The van der Waals surface area contributed by atoms with Crippen molar-refractivity contribution >= 4 is 17.1 Å². The van der Waals surface area contributed by atoms with Crippen LogP contribution in [0.15, 0.2) is 5.38 Å². The van der Waals surface area contributed by atoms with Gasteiger partial charge < -0.3 is 4.74 Å². The molecule has 1 aliphatic rings. The molecular weight excluding hydrogens is 210 g/mol. The minimum absolute atomic E-state index is 0.0597. The van der Waals surface area contributed by atoms with E-state index in [9.17, 15) is 4.79 Å². The summed E-state index contributed by atoms with van der Waals surface area (Å²) in [5.74, 6) is 0.745. The van der Waals surface area contributed by atoms with Gasteiger partial charge in [0, 0.05) is 31.9 Å². The van der Waals surface area contributed by atoms with Crippen LogP contribution < -0.4 is 0 Å². The van der Waals surface area contributed by atoms with Crippen molar-refractivity contribution in [3.63, 3.8) is 0 Å². The third-order valence-corrected chi connectivity index (χ3v) is 3.59. The lowest BCUT2D eigenvalue weighted by atomic mass is 9.97. The van der Waals surface area contributed by atoms with Gasteiger partial charge in [-0.1, -0.05) is 0 Å². The van der Waals surface area contributed by atoms with Crippen molar-refractivity contribution < 1.29 is 9.53 Å². The number of nitrogens with zero attached hydrogens (tertiary/aromatic N) is 1. The standard InChI is InChI=1S/C11H15NO2S/c1-8(13)10-7-15-11(12-10)6-9-2-4-14-5-3-9/h7,9H,2-6H2,1H3. The summed E-state index contributed by atoms with van der Waals surface area (Å²) in [6.07, 6.45) is 3.24. The molecule has 15 heavy (non-hydrogen) atoms. The molecule has 0 spiro atoms. The van der Waals surface area contributed by atoms with E-state index in [1.807, 2.05) is 5.38 Å². The number of thiazole rings is 1. The fourth-order valence-corrected chi connectivity index (χ4v) is 2.71. The van der Waals surface area contributed by atoms with Gasteiger partial charge in [0.25, 0.3) is 0 Å². The molecule has 2 heterocycles. The first-order valence-electron chi connectivity index (χ1n) is 5.29. The summed E-state index contributed by atoms with van der Waals surface area (Å²) in [6.45, 7) is 3.30. The van der Waals surface area contributed by atoms with Gasteiger partial charge in [0.2, 0.25) is 0 Å². The number of aromatic nitrogens is 1. The molecule has 1 aromatic heterocycles. The summed E-state index contributed by atoms with van der Waals surface area (Å²) in [5, 5.41) is 2.95. The van der Waals surface area contributed by atoms with E-state index in [4.69, 9.17) is 4.74 Å². The van der Waals surface area contributed by atoms with Gasteiger partial charge in [-0.2, -0.15) is 0 Å². The molecular formula is C11H15NO2S. The number of rotatable bonds is 3. The van der Waals surface area contributed by atoms with Gasteiger partial charge in [0.05, 0.1) is 5.01 Å². The van der Waals surface area contributed by atoms with Crippen LogP contribution in [0.4, 0.5) is 0 Å².